The second-order valence-electron chi connectivity index (χ2n) is 3.15. The number of hydrogen-bond donors (Lipinski definition) is 2. The first kappa shape index (κ1) is 12.0. The van der Waals surface area contributed by atoms with Crippen LogP contribution in [0.5, 0.6) is 5.75 Å². The van der Waals surface area contributed by atoms with Gasteiger partial charge in [-0.3, -0.25) is 0 Å². The molecule has 0 fully saturated rings. The lowest BCUT2D eigenvalue weighted by molar-refractivity contribution is 0.415. The highest BCUT2D eigenvalue weighted by Gasteiger charge is 2.01. The Labute approximate surface area is 94.8 Å². The van der Waals surface area contributed by atoms with Crippen LogP contribution >= 0.6 is 0 Å². The van der Waals surface area contributed by atoms with Gasteiger partial charge in [-0.05, 0) is 36.2 Å². The zero-order valence-corrected chi connectivity index (χ0v) is 9.47. The molecule has 1 aromatic carbocycles. The Morgan fingerprint density at radius 1 is 1.19 bits per heavy atom. The van der Waals surface area contributed by atoms with Crippen molar-refractivity contribution in [2.24, 2.45) is 21.7 Å². The van der Waals surface area contributed by atoms with Crippen molar-refractivity contribution in [2.75, 3.05) is 7.11 Å². The van der Waals surface area contributed by atoms with Crippen LogP contribution < -0.4 is 16.2 Å². The second-order valence-corrected chi connectivity index (χ2v) is 3.15. The summed E-state index contributed by atoms with van der Waals surface area (Å²) in [5, 5.41) is 7.62. The van der Waals surface area contributed by atoms with E-state index in [0.29, 0.717) is 0 Å². The zero-order chi connectivity index (χ0) is 12.0. The Hall–Kier alpha value is -2.04. The molecule has 5 nitrogen and oxygen atoms in total. The molecular weight excluding hydrogens is 204 g/mol. The van der Waals surface area contributed by atoms with Crippen molar-refractivity contribution in [3.63, 3.8) is 0 Å². The van der Waals surface area contributed by atoms with Gasteiger partial charge >= 0.3 is 0 Å². The van der Waals surface area contributed by atoms with Crippen molar-refractivity contribution in [3.05, 3.63) is 29.8 Å². The van der Waals surface area contributed by atoms with Gasteiger partial charge in [0, 0.05) is 0 Å². The minimum absolute atomic E-state index is 0.0422. The maximum atomic E-state index is 5.22. The molecule has 5 heteroatoms. The zero-order valence-electron chi connectivity index (χ0n) is 9.47. The van der Waals surface area contributed by atoms with E-state index < -0.39 is 0 Å². The van der Waals surface area contributed by atoms with Crippen LogP contribution in [0.15, 0.2) is 34.5 Å². The maximum absolute atomic E-state index is 5.22. The molecule has 0 spiro atoms. The normalized spacial score (nSPS) is 11.0. The standard InChI is InChI=1S/C11H16N4O/c1-3-10(14-15-11(12)13)8-4-6-9(16-2)7-5-8/h4-7H,3H2,1-2H3,(H4,12,13,15). The van der Waals surface area contributed by atoms with E-state index in [-0.39, 0.29) is 5.96 Å². The van der Waals surface area contributed by atoms with Crippen molar-refractivity contribution in [1.82, 2.24) is 0 Å². The number of nitrogens with zero attached hydrogens (tertiary/aromatic N) is 2. The topological polar surface area (TPSA) is 86.0 Å². The molecule has 0 aliphatic carbocycles. The SMILES string of the molecule is CCC(=NN=C(N)N)c1ccc(OC)cc1. The van der Waals surface area contributed by atoms with Crippen LogP contribution in [-0.4, -0.2) is 18.8 Å². The molecule has 0 bridgehead atoms. The van der Waals surface area contributed by atoms with E-state index in [1.807, 2.05) is 31.2 Å². The Morgan fingerprint density at radius 3 is 2.25 bits per heavy atom. The van der Waals surface area contributed by atoms with E-state index in [1.54, 1.807) is 7.11 Å². The van der Waals surface area contributed by atoms with Gasteiger partial charge < -0.3 is 16.2 Å². The van der Waals surface area contributed by atoms with Crippen LogP contribution in [0.1, 0.15) is 18.9 Å². The molecular formula is C11H16N4O. The smallest absolute Gasteiger partial charge is 0.211 e. The Morgan fingerprint density at radius 2 is 1.81 bits per heavy atom. The fourth-order valence-corrected chi connectivity index (χ4v) is 1.23. The van der Waals surface area contributed by atoms with Gasteiger partial charge in [-0.1, -0.05) is 6.92 Å². The van der Waals surface area contributed by atoms with Crippen molar-refractivity contribution in [1.29, 1.82) is 0 Å². The monoisotopic (exact) mass is 220 g/mol. The number of hydrogen-bond acceptors (Lipinski definition) is 3. The molecule has 0 saturated carbocycles. The second kappa shape index (κ2) is 5.75. The van der Waals surface area contributed by atoms with E-state index in [0.717, 1.165) is 23.4 Å². The molecule has 1 rings (SSSR count). The average molecular weight is 220 g/mol. The Balaban J connectivity index is 2.95. The first-order chi connectivity index (χ1) is 7.67. The third-order valence-corrected chi connectivity index (χ3v) is 2.04. The molecule has 0 atom stereocenters. The Kier molecular flexibility index (Phi) is 4.32. The highest BCUT2D eigenvalue weighted by atomic mass is 16.5. The highest BCUT2D eigenvalue weighted by molar-refractivity contribution is 6.00. The maximum Gasteiger partial charge on any atom is 0.211 e. The first-order valence-corrected chi connectivity index (χ1v) is 4.97. The van der Waals surface area contributed by atoms with E-state index in [9.17, 15) is 0 Å². The number of nitrogens with two attached hydrogens (primary N) is 2. The predicted molar refractivity (Wildman–Crippen MR) is 65.6 cm³/mol. The Bertz CT molecular complexity index is 391. The molecule has 4 N–H and O–H groups in total. The predicted octanol–water partition coefficient (Wildman–Crippen LogP) is 1.08. The van der Waals surface area contributed by atoms with Gasteiger partial charge in [0.1, 0.15) is 5.75 Å². The van der Waals surface area contributed by atoms with Gasteiger partial charge in [-0.25, -0.2) is 0 Å². The minimum atomic E-state index is -0.0422. The van der Waals surface area contributed by atoms with Gasteiger partial charge in [-0.2, -0.15) is 5.10 Å². The van der Waals surface area contributed by atoms with Gasteiger partial charge in [0.15, 0.2) is 0 Å². The summed E-state index contributed by atoms with van der Waals surface area (Å²) in [6.07, 6.45) is 0.753. The summed E-state index contributed by atoms with van der Waals surface area (Å²) >= 11 is 0. The van der Waals surface area contributed by atoms with Gasteiger partial charge in [0.25, 0.3) is 0 Å². The fourth-order valence-electron chi connectivity index (χ4n) is 1.23. The van der Waals surface area contributed by atoms with Crippen molar-refractivity contribution in [2.45, 2.75) is 13.3 Å². The van der Waals surface area contributed by atoms with Crippen LogP contribution in [0.3, 0.4) is 0 Å². The van der Waals surface area contributed by atoms with E-state index in [4.69, 9.17) is 16.2 Å². The quantitative estimate of drug-likeness (QED) is 0.452. The molecule has 0 aliphatic heterocycles. The third kappa shape index (κ3) is 3.27. The lowest BCUT2D eigenvalue weighted by atomic mass is 10.1. The lowest BCUT2D eigenvalue weighted by Gasteiger charge is -2.03. The summed E-state index contributed by atoms with van der Waals surface area (Å²) in [6.45, 7) is 1.99. The summed E-state index contributed by atoms with van der Waals surface area (Å²) in [5.74, 6) is 0.764. The van der Waals surface area contributed by atoms with E-state index >= 15 is 0 Å². The van der Waals surface area contributed by atoms with Crippen LogP contribution in [0.4, 0.5) is 0 Å². The van der Waals surface area contributed by atoms with Gasteiger partial charge in [0.05, 0.1) is 12.8 Å². The molecule has 86 valence electrons. The lowest BCUT2D eigenvalue weighted by Crippen LogP contribution is -2.22. The average Bonchev–Trinajstić information content (AvgIpc) is 2.30. The fraction of sp³-hybridized carbons (Fsp3) is 0.273. The molecule has 0 aliphatic rings. The highest BCUT2D eigenvalue weighted by Crippen LogP contribution is 2.13. The molecule has 0 amide bonds. The first-order valence-electron chi connectivity index (χ1n) is 4.97. The molecule has 1 aromatic rings. The summed E-state index contributed by atoms with van der Waals surface area (Å²) in [6, 6.07) is 7.58. The number of methoxy groups -OCH3 is 1. The van der Waals surface area contributed by atoms with Crippen LogP contribution in [-0.2, 0) is 0 Å². The number of ether oxygens (including phenoxy) is 1. The molecule has 0 unspecified atom stereocenters. The van der Waals surface area contributed by atoms with E-state index in [2.05, 4.69) is 10.2 Å². The van der Waals surface area contributed by atoms with Crippen molar-refractivity contribution >= 4 is 11.7 Å². The van der Waals surface area contributed by atoms with Crippen LogP contribution in [0.25, 0.3) is 0 Å². The molecule has 0 radical (unpaired) electrons. The number of guanidine groups is 1. The molecule has 0 heterocycles. The molecule has 16 heavy (non-hydrogen) atoms. The largest absolute Gasteiger partial charge is 0.497 e. The van der Waals surface area contributed by atoms with E-state index in [1.165, 1.54) is 0 Å². The molecule has 0 saturated heterocycles. The summed E-state index contributed by atoms with van der Waals surface area (Å²) in [4.78, 5) is 0. The van der Waals surface area contributed by atoms with Gasteiger partial charge in [0.2, 0.25) is 5.96 Å². The third-order valence-electron chi connectivity index (χ3n) is 2.04. The van der Waals surface area contributed by atoms with Crippen LogP contribution in [0.2, 0.25) is 0 Å². The number of benzene rings is 1. The van der Waals surface area contributed by atoms with Gasteiger partial charge in [-0.15, -0.1) is 5.10 Å². The van der Waals surface area contributed by atoms with Crippen LogP contribution in [0, 0.1) is 0 Å². The summed E-state index contributed by atoms with van der Waals surface area (Å²) in [7, 11) is 1.63. The number of rotatable bonds is 4. The summed E-state index contributed by atoms with van der Waals surface area (Å²) in [5.41, 5.74) is 12.2. The minimum Gasteiger partial charge on any atom is -0.497 e. The summed E-state index contributed by atoms with van der Waals surface area (Å²) < 4.78 is 5.07. The molecule has 0 aromatic heterocycles. The van der Waals surface area contributed by atoms with Crippen molar-refractivity contribution < 1.29 is 4.74 Å². The van der Waals surface area contributed by atoms with Crippen molar-refractivity contribution in [3.8, 4) is 5.75 Å².